The average molecular weight is 267 g/mol. The summed E-state index contributed by atoms with van der Waals surface area (Å²) in [5.41, 5.74) is 0. The maximum atomic E-state index is 13.9. The number of halogens is 1. The van der Waals surface area contributed by atoms with E-state index >= 15 is 0 Å². The van der Waals surface area contributed by atoms with Gasteiger partial charge in [-0.1, -0.05) is 6.92 Å². The summed E-state index contributed by atoms with van der Waals surface area (Å²) < 4.78 is 13.9. The van der Waals surface area contributed by atoms with Crippen molar-refractivity contribution in [1.82, 2.24) is 14.9 Å². The summed E-state index contributed by atoms with van der Waals surface area (Å²) in [6.07, 6.45) is 1.24. The van der Waals surface area contributed by atoms with E-state index in [0.717, 1.165) is 19.6 Å². The number of rotatable bonds is 4. The third-order valence-corrected chi connectivity index (χ3v) is 3.60. The standard InChI is InChI=1S/C13H22FN5/c1-5-15-13-16-6-10(14)12(17-13)19-7-9(2)11(8-19)18(3)4/h6,9,11H,5,7-8H2,1-4H3,(H,15,16,17). The number of nitrogens with zero attached hydrogens (tertiary/aromatic N) is 4. The molecule has 0 radical (unpaired) electrons. The van der Waals surface area contributed by atoms with Crippen molar-refractivity contribution in [2.75, 3.05) is 43.9 Å². The molecule has 2 rings (SSSR count). The van der Waals surface area contributed by atoms with E-state index in [9.17, 15) is 4.39 Å². The monoisotopic (exact) mass is 267 g/mol. The number of hydrogen-bond acceptors (Lipinski definition) is 5. The van der Waals surface area contributed by atoms with Gasteiger partial charge in [0, 0.05) is 25.7 Å². The van der Waals surface area contributed by atoms with Gasteiger partial charge in [-0.2, -0.15) is 4.98 Å². The van der Waals surface area contributed by atoms with Gasteiger partial charge in [0.15, 0.2) is 11.6 Å². The van der Waals surface area contributed by atoms with Gasteiger partial charge in [0.2, 0.25) is 5.95 Å². The molecule has 1 aliphatic heterocycles. The third kappa shape index (κ3) is 2.94. The summed E-state index contributed by atoms with van der Waals surface area (Å²) >= 11 is 0. The first-order valence-corrected chi connectivity index (χ1v) is 6.70. The fraction of sp³-hybridized carbons (Fsp3) is 0.692. The second kappa shape index (κ2) is 5.69. The van der Waals surface area contributed by atoms with E-state index in [1.807, 2.05) is 11.8 Å². The Morgan fingerprint density at radius 3 is 2.79 bits per heavy atom. The molecule has 0 aromatic carbocycles. The van der Waals surface area contributed by atoms with Gasteiger partial charge in [0.1, 0.15) is 0 Å². The Kier molecular flexibility index (Phi) is 4.19. The third-order valence-electron chi connectivity index (χ3n) is 3.60. The molecule has 0 bridgehead atoms. The lowest BCUT2D eigenvalue weighted by atomic mass is 10.1. The lowest BCUT2D eigenvalue weighted by Gasteiger charge is -2.22. The van der Waals surface area contributed by atoms with Gasteiger partial charge >= 0.3 is 0 Å². The fourth-order valence-electron chi connectivity index (χ4n) is 2.62. The van der Waals surface area contributed by atoms with Crippen LogP contribution in [0, 0.1) is 11.7 Å². The zero-order chi connectivity index (χ0) is 14.0. The van der Waals surface area contributed by atoms with Gasteiger partial charge < -0.3 is 15.1 Å². The maximum Gasteiger partial charge on any atom is 0.224 e. The number of hydrogen-bond donors (Lipinski definition) is 1. The first-order chi connectivity index (χ1) is 9.02. The van der Waals surface area contributed by atoms with Crippen molar-refractivity contribution >= 4 is 11.8 Å². The van der Waals surface area contributed by atoms with Crippen LogP contribution in [0.5, 0.6) is 0 Å². The van der Waals surface area contributed by atoms with Crippen LogP contribution in [0.2, 0.25) is 0 Å². The molecule has 0 saturated carbocycles. The Labute approximate surface area is 113 Å². The van der Waals surface area contributed by atoms with Crippen molar-refractivity contribution in [2.24, 2.45) is 5.92 Å². The van der Waals surface area contributed by atoms with Crippen LogP contribution in [0.25, 0.3) is 0 Å². The quantitative estimate of drug-likeness (QED) is 0.894. The molecule has 5 nitrogen and oxygen atoms in total. The molecule has 1 aliphatic rings. The molecule has 2 unspecified atom stereocenters. The summed E-state index contributed by atoms with van der Waals surface area (Å²) in [7, 11) is 4.12. The van der Waals surface area contributed by atoms with E-state index in [2.05, 4.69) is 41.2 Å². The van der Waals surface area contributed by atoms with Crippen LogP contribution in [0.3, 0.4) is 0 Å². The molecule has 0 spiro atoms. The van der Waals surface area contributed by atoms with E-state index in [4.69, 9.17) is 0 Å². The molecule has 0 aliphatic carbocycles. The highest BCUT2D eigenvalue weighted by Gasteiger charge is 2.33. The summed E-state index contributed by atoms with van der Waals surface area (Å²) in [6.45, 7) is 6.50. The Morgan fingerprint density at radius 2 is 2.21 bits per heavy atom. The summed E-state index contributed by atoms with van der Waals surface area (Å²) in [5, 5.41) is 3.02. The molecular weight excluding hydrogens is 245 g/mol. The Balaban J connectivity index is 2.20. The van der Waals surface area contributed by atoms with Gasteiger partial charge in [-0.15, -0.1) is 0 Å². The molecule has 1 fully saturated rings. The Bertz CT molecular complexity index is 437. The van der Waals surface area contributed by atoms with Gasteiger partial charge in [0.25, 0.3) is 0 Å². The lowest BCUT2D eigenvalue weighted by Crippen LogP contribution is -2.34. The molecule has 1 saturated heterocycles. The zero-order valence-electron chi connectivity index (χ0n) is 12.0. The summed E-state index contributed by atoms with van der Waals surface area (Å²) in [4.78, 5) is 12.4. The number of nitrogens with one attached hydrogen (secondary N) is 1. The normalized spacial score (nSPS) is 23.2. The van der Waals surface area contributed by atoms with Crippen LogP contribution < -0.4 is 10.2 Å². The first kappa shape index (κ1) is 14.0. The lowest BCUT2D eigenvalue weighted by molar-refractivity contribution is 0.266. The van der Waals surface area contributed by atoms with Crippen molar-refractivity contribution in [3.63, 3.8) is 0 Å². The van der Waals surface area contributed by atoms with Crippen molar-refractivity contribution in [3.8, 4) is 0 Å². The van der Waals surface area contributed by atoms with Crippen LogP contribution in [0.15, 0.2) is 6.20 Å². The average Bonchev–Trinajstić information content (AvgIpc) is 2.74. The van der Waals surface area contributed by atoms with Crippen molar-refractivity contribution in [2.45, 2.75) is 19.9 Å². The van der Waals surface area contributed by atoms with E-state index < -0.39 is 0 Å². The highest BCUT2D eigenvalue weighted by atomic mass is 19.1. The van der Waals surface area contributed by atoms with Crippen LogP contribution in [-0.4, -0.2) is 54.6 Å². The maximum absolute atomic E-state index is 13.9. The SMILES string of the molecule is CCNc1ncc(F)c(N2CC(C)C(N(C)C)C2)n1. The molecular formula is C13H22FN5. The first-order valence-electron chi connectivity index (χ1n) is 6.70. The zero-order valence-corrected chi connectivity index (χ0v) is 12.0. The minimum atomic E-state index is -0.353. The van der Waals surface area contributed by atoms with Crippen LogP contribution in [0.1, 0.15) is 13.8 Å². The summed E-state index contributed by atoms with van der Waals surface area (Å²) in [5.74, 6) is 1.03. The van der Waals surface area contributed by atoms with Crippen LogP contribution in [0.4, 0.5) is 16.2 Å². The molecule has 0 amide bonds. The second-order valence-electron chi connectivity index (χ2n) is 5.31. The molecule has 1 aromatic rings. The topological polar surface area (TPSA) is 44.3 Å². The Morgan fingerprint density at radius 1 is 1.47 bits per heavy atom. The van der Waals surface area contributed by atoms with Crippen LogP contribution in [-0.2, 0) is 0 Å². The van der Waals surface area contributed by atoms with Gasteiger partial charge in [0.05, 0.1) is 6.20 Å². The van der Waals surface area contributed by atoms with E-state index in [1.54, 1.807) is 0 Å². The van der Waals surface area contributed by atoms with Crippen LogP contribution >= 0.6 is 0 Å². The largest absolute Gasteiger partial charge is 0.354 e. The van der Waals surface area contributed by atoms with E-state index in [1.165, 1.54) is 6.20 Å². The molecule has 19 heavy (non-hydrogen) atoms. The second-order valence-corrected chi connectivity index (χ2v) is 5.31. The minimum Gasteiger partial charge on any atom is -0.354 e. The summed E-state index contributed by atoms with van der Waals surface area (Å²) in [6, 6.07) is 0.428. The van der Waals surface area contributed by atoms with E-state index in [-0.39, 0.29) is 5.82 Å². The molecule has 2 heterocycles. The highest BCUT2D eigenvalue weighted by molar-refractivity contribution is 5.45. The molecule has 106 valence electrons. The van der Waals surface area contributed by atoms with Crippen molar-refractivity contribution in [1.29, 1.82) is 0 Å². The van der Waals surface area contributed by atoms with Crippen molar-refractivity contribution in [3.05, 3.63) is 12.0 Å². The fourth-order valence-corrected chi connectivity index (χ4v) is 2.62. The predicted molar refractivity (Wildman–Crippen MR) is 75.0 cm³/mol. The van der Waals surface area contributed by atoms with Gasteiger partial charge in [-0.3, -0.25) is 0 Å². The van der Waals surface area contributed by atoms with Crippen molar-refractivity contribution < 1.29 is 4.39 Å². The molecule has 2 atom stereocenters. The number of aromatic nitrogens is 2. The minimum absolute atomic E-state index is 0.353. The number of anilines is 2. The van der Waals surface area contributed by atoms with Gasteiger partial charge in [-0.25, -0.2) is 9.37 Å². The smallest absolute Gasteiger partial charge is 0.224 e. The number of likely N-dealkylation sites (N-methyl/N-ethyl adjacent to an activating group) is 1. The predicted octanol–water partition coefficient (Wildman–Crippen LogP) is 1.43. The van der Waals surface area contributed by atoms with E-state index in [0.29, 0.717) is 23.7 Å². The molecule has 1 aromatic heterocycles. The Hall–Kier alpha value is -1.43. The molecule has 1 N–H and O–H groups in total. The molecule has 6 heteroatoms. The van der Waals surface area contributed by atoms with Gasteiger partial charge in [-0.05, 0) is 26.9 Å². The highest BCUT2D eigenvalue weighted by Crippen LogP contribution is 2.26.